The van der Waals surface area contributed by atoms with Crippen LogP contribution >= 0.6 is 27.5 Å². The van der Waals surface area contributed by atoms with Gasteiger partial charge in [-0.1, -0.05) is 0 Å². The number of aryl methyl sites for hydroxylation is 1. The van der Waals surface area contributed by atoms with Crippen molar-refractivity contribution in [3.8, 4) is 0 Å². The maximum Gasteiger partial charge on any atom is 0.235 e. The van der Waals surface area contributed by atoms with E-state index >= 15 is 0 Å². The lowest BCUT2D eigenvalue weighted by Crippen LogP contribution is -2.18. The van der Waals surface area contributed by atoms with Crippen molar-refractivity contribution in [3.05, 3.63) is 22.3 Å². The first-order valence-corrected chi connectivity index (χ1v) is 7.12. The largest absolute Gasteiger partial charge is 0.267 e. The normalized spacial score (nSPS) is 11.4. The summed E-state index contributed by atoms with van der Waals surface area (Å²) in [6.07, 6.45) is 0. The molecule has 1 aromatic rings. The Kier molecular flexibility index (Phi) is 4.36. The minimum Gasteiger partial charge on any atom is -0.267 e. The highest BCUT2D eigenvalue weighted by molar-refractivity contribution is 9.10. The van der Waals surface area contributed by atoms with Crippen LogP contribution < -0.4 is 4.72 Å². The van der Waals surface area contributed by atoms with Crippen LogP contribution in [0.1, 0.15) is 5.69 Å². The molecule has 0 fully saturated rings. The molecule has 0 aliphatic rings. The Morgan fingerprint density at radius 2 is 2.20 bits per heavy atom. The molecule has 1 rings (SSSR count). The molecule has 15 heavy (non-hydrogen) atoms. The smallest absolute Gasteiger partial charge is 0.235 e. The van der Waals surface area contributed by atoms with Gasteiger partial charge in [0, 0.05) is 10.4 Å². The van der Waals surface area contributed by atoms with Gasteiger partial charge in [-0.05, 0) is 35.0 Å². The monoisotopic (exact) mass is 312 g/mol. The summed E-state index contributed by atoms with van der Waals surface area (Å²) < 4.78 is 25.9. The molecule has 1 heterocycles. The highest BCUT2D eigenvalue weighted by atomic mass is 79.9. The predicted octanol–water partition coefficient (Wildman–Crippen LogP) is 2.13. The number of rotatable bonds is 4. The molecule has 0 atom stereocenters. The van der Waals surface area contributed by atoms with Crippen molar-refractivity contribution >= 4 is 43.4 Å². The zero-order valence-electron chi connectivity index (χ0n) is 8.00. The molecule has 0 bridgehead atoms. The summed E-state index contributed by atoms with van der Waals surface area (Å²) in [5.74, 6) is 0.247. The molecule has 4 nitrogen and oxygen atoms in total. The van der Waals surface area contributed by atoms with Gasteiger partial charge in [-0.2, -0.15) is 0 Å². The van der Waals surface area contributed by atoms with Gasteiger partial charge in [-0.25, -0.2) is 13.4 Å². The number of nitrogens with one attached hydrogen (secondary N) is 1. The van der Waals surface area contributed by atoms with E-state index in [0.29, 0.717) is 5.82 Å². The van der Waals surface area contributed by atoms with Crippen molar-refractivity contribution in [1.29, 1.82) is 0 Å². The molecule has 0 radical (unpaired) electrons. The average Bonchev–Trinajstić information content (AvgIpc) is 2.10. The summed E-state index contributed by atoms with van der Waals surface area (Å²) in [5.41, 5.74) is 0.723. The van der Waals surface area contributed by atoms with E-state index in [-0.39, 0.29) is 11.6 Å². The van der Waals surface area contributed by atoms with Crippen LogP contribution in [0.2, 0.25) is 0 Å². The number of hydrogen-bond acceptors (Lipinski definition) is 3. The lowest BCUT2D eigenvalue weighted by atomic mass is 10.4. The van der Waals surface area contributed by atoms with E-state index in [2.05, 4.69) is 25.6 Å². The summed E-state index contributed by atoms with van der Waals surface area (Å²) in [6, 6.07) is 3.32. The van der Waals surface area contributed by atoms with Gasteiger partial charge < -0.3 is 0 Å². The van der Waals surface area contributed by atoms with Crippen LogP contribution in [0.3, 0.4) is 0 Å². The molecule has 0 aromatic carbocycles. The molecule has 0 aliphatic carbocycles. The molecule has 0 aliphatic heterocycles. The van der Waals surface area contributed by atoms with Crippen LogP contribution in [0.4, 0.5) is 5.82 Å². The third-order valence-corrected chi connectivity index (χ3v) is 4.14. The number of sulfonamides is 1. The summed E-state index contributed by atoms with van der Waals surface area (Å²) in [5, 5.41) is 0. The second kappa shape index (κ2) is 5.14. The van der Waals surface area contributed by atoms with E-state index in [1.54, 1.807) is 19.1 Å². The van der Waals surface area contributed by atoms with Gasteiger partial charge in [0.15, 0.2) is 0 Å². The van der Waals surface area contributed by atoms with E-state index in [1.807, 2.05) is 0 Å². The second-order valence-electron chi connectivity index (χ2n) is 2.87. The van der Waals surface area contributed by atoms with Crippen molar-refractivity contribution in [1.82, 2.24) is 4.98 Å². The molecule has 7 heteroatoms. The third kappa shape index (κ3) is 3.96. The molecule has 0 unspecified atom stereocenters. The lowest BCUT2D eigenvalue weighted by molar-refractivity contribution is 0.602. The van der Waals surface area contributed by atoms with Crippen LogP contribution in [-0.2, 0) is 10.0 Å². The van der Waals surface area contributed by atoms with Crippen molar-refractivity contribution < 1.29 is 8.42 Å². The maximum atomic E-state index is 11.3. The van der Waals surface area contributed by atoms with Crippen LogP contribution in [0.15, 0.2) is 16.6 Å². The Labute approximate surface area is 102 Å². The van der Waals surface area contributed by atoms with Crippen molar-refractivity contribution in [3.63, 3.8) is 0 Å². The number of aromatic nitrogens is 1. The number of halogens is 2. The fraction of sp³-hybridized carbons (Fsp3) is 0.375. The topological polar surface area (TPSA) is 59.1 Å². The molecular formula is C8H10BrClN2O2S. The summed E-state index contributed by atoms with van der Waals surface area (Å²) in [7, 11) is -3.37. The number of anilines is 1. The standard InChI is InChI=1S/C8H10BrClN2O2S/c1-6-7(9)2-3-8(11-6)12-15(13,14)5-4-10/h2-3H,4-5H2,1H3,(H,11,12). The van der Waals surface area contributed by atoms with E-state index in [9.17, 15) is 8.42 Å². The number of nitrogens with zero attached hydrogens (tertiary/aromatic N) is 1. The Bertz CT molecular complexity index is 450. The highest BCUT2D eigenvalue weighted by Gasteiger charge is 2.10. The zero-order chi connectivity index (χ0) is 11.5. The quantitative estimate of drug-likeness (QED) is 0.866. The van der Waals surface area contributed by atoms with Gasteiger partial charge in [0.05, 0.1) is 11.4 Å². The lowest BCUT2D eigenvalue weighted by Gasteiger charge is -2.06. The Balaban J connectivity index is 2.86. The first kappa shape index (κ1) is 12.7. The minimum absolute atomic E-state index is 0.0604. The van der Waals surface area contributed by atoms with Gasteiger partial charge in [0.2, 0.25) is 10.0 Å². The molecule has 0 saturated heterocycles. The van der Waals surface area contributed by atoms with Gasteiger partial charge in [-0.3, -0.25) is 4.72 Å². The summed E-state index contributed by atoms with van der Waals surface area (Å²) >= 11 is 8.64. The van der Waals surface area contributed by atoms with E-state index in [1.165, 1.54) is 0 Å². The Morgan fingerprint density at radius 1 is 1.53 bits per heavy atom. The fourth-order valence-corrected chi connectivity index (χ4v) is 2.48. The van der Waals surface area contributed by atoms with Gasteiger partial charge in [0.25, 0.3) is 0 Å². The second-order valence-corrected chi connectivity index (χ2v) is 5.95. The number of pyridine rings is 1. The van der Waals surface area contributed by atoms with Gasteiger partial charge >= 0.3 is 0 Å². The third-order valence-electron chi connectivity index (χ3n) is 1.63. The molecule has 0 spiro atoms. The number of alkyl halides is 1. The van der Waals surface area contributed by atoms with Crippen LogP contribution in [0, 0.1) is 6.92 Å². The summed E-state index contributed by atoms with van der Waals surface area (Å²) in [4.78, 5) is 4.06. The molecular weight excluding hydrogens is 304 g/mol. The maximum absolute atomic E-state index is 11.3. The molecule has 1 aromatic heterocycles. The van der Waals surface area contributed by atoms with E-state index in [0.717, 1.165) is 10.2 Å². The molecule has 1 N–H and O–H groups in total. The molecule has 0 amide bonds. The fourth-order valence-electron chi connectivity index (χ4n) is 0.913. The van der Waals surface area contributed by atoms with Gasteiger partial charge in [-0.15, -0.1) is 11.6 Å². The molecule has 84 valence electrons. The first-order chi connectivity index (χ1) is 6.94. The average molecular weight is 314 g/mol. The van der Waals surface area contributed by atoms with Gasteiger partial charge in [0.1, 0.15) is 5.82 Å². The van der Waals surface area contributed by atoms with Crippen molar-refractivity contribution in [2.24, 2.45) is 0 Å². The Hall–Kier alpha value is -0.330. The molecule has 0 saturated carbocycles. The van der Waals surface area contributed by atoms with Crippen LogP contribution in [0.25, 0.3) is 0 Å². The van der Waals surface area contributed by atoms with Crippen LogP contribution in [0.5, 0.6) is 0 Å². The first-order valence-electron chi connectivity index (χ1n) is 4.14. The Morgan fingerprint density at radius 3 is 2.73 bits per heavy atom. The summed E-state index contributed by atoms with van der Waals surface area (Å²) in [6.45, 7) is 1.78. The highest BCUT2D eigenvalue weighted by Crippen LogP contribution is 2.16. The predicted molar refractivity (Wildman–Crippen MR) is 64.8 cm³/mol. The van der Waals surface area contributed by atoms with Crippen LogP contribution in [-0.4, -0.2) is 25.0 Å². The zero-order valence-corrected chi connectivity index (χ0v) is 11.2. The van der Waals surface area contributed by atoms with Crippen molar-refractivity contribution in [2.75, 3.05) is 16.4 Å². The van der Waals surface area contributed by atoms with E-state index < -0.39 is 10.0 Å². The minimum atomic E-state index is -3.37. The van der Waals surface area contributed by atoms with E-state index in [4.69, 9.17) is 11.6 Å². The van der Waals surface area contributed by atoms with Crippen molar-refractivity contribution in [2.45, 2.75) is 6.92 Å². The number of hydrogen-bond donors (Lipinski definition) is 1. The SMILES string of the molecule is Cc1nc(NS(=O)(=O)CCCl)ccc1Br.